The van der Waals surface area contributed by atoms with Crippen LogP contribution < -0.4 is 15.0 Å². The molecule has 0 aliphatic carbocycles. The first-order valence-corrected chi connectivity index (χ1v) is 11.4. The van der Waals surface area contributed by atoms with Gasteiger partial charge in [-0.2, -0.15) is 0 Å². The van der Waals surface area contributed by atoms with Gasteiger partial charge in [-0.1, -0.05) is 44.2 Å². The van der Waals surface area contributed by atoms with Gasteiger partial charge in [-0.15, -0.1) is 0 Å². The van der Waals surface area contributed by atoms with E-state index >= 15 is 0 Å². The Labute approximate surface area is 186 Å². The van der Waals surface area contributed by atoms with E-state index in [1.807, 2.05) is 37.4 Å². The van der Waals surface area contributed by atoms with E-state index in [-0.39, 0.29) is 6.03 Å². The van der Waals surface area contributed by atoms with Crippen LogP contribution in [-0.2, 0) is 6.54 Å². The lowest BCUT2D eigenvalue weighted by Gasteiger charge is -2.25. The number of carbonyl (C=O) groups is 1. The van der Waals surface area contributed by atoms with Crippen LogP contribution in [0.15, 0.2) is 48.5 Å². The minimum Gasteiger partial charge on any atom is -0.490 e. The molecule has 1 fully saturated rings. The zero-order valence-electron chi connectivity index (χ0n) is 19.1. The lowest BCUT2D eigenvalue weighted by molar-refractivity contribution is 0.218. The van der Waals surface area contributed by atoms with Crippen LogP contribution in [0.3, 0.4) is 0 Å². The Morgan fingerprint density at radius 2 is 1.71 bits per heavy atom. The molecule has 6 nitrogen and oxygen atoms in total. The van der Waals surface area contributed by atoms with Gasteiger partial charge in [-0.3, -0.25) is 0 Å². The van der Waals surface area contributed by atoms with Crippen LogP contribution in [0.5, 0.6) is 5.75 Å². The van der Waals surface area contributed by atoms with Crippen LogP contribution in [0.1, 0.15) is 32.3 Å². The SMILES string of the molecule is CCN(CC)CCOc1ccccc1NC(=O)N(C)Cc1ccccc1N1CCCC1. The molecule has 2 aromatic carbocycles. The highest BCUT2D eigenvalue weighted by atomic mass is 16.5. The number of carbonyl (C=O) groups excluding carboxylic acids is 1. The number of likely N-dealkylation sites (N-methyl/N-ethyl adjacent to an activating group) is 1. The second-order valence-corrected chi connectivity index (χ2v) is 7.98. The van der Waals surface area contributed by atoms with Crippen LogP contribution in [0.4, 0.5) is 16.2 Å². The molecular formula is C25H36N4O2. The Kier molecular flexibility index (Phi) is 8.59. The Morgan fingerprint density at radius 3 is 2.45 bits per heavy atom. The van der Waals surface area contributed by atoms with Crippen molar-refractivity contribution in [2.24, 2.45) is 0 Å². The van der Waals surface area contributed by atoms with Gasteiger partial charge in [0.05, 0.1) is 5.69 Å². The summed E-state index contributed by atoms with van der Waals surface area (Å²) in [5.74, 6) is 0.703. The molecule has 2 aromatic rings. The zero-order valence-corrected chi connectivity index (χ0v) is 19.1. The molecule has 0 radical (unpaired) electrons. The van der Waals surface area contributed by atoms with Crippen molar-refractivity contribution >= 4 is 17.4 Å². The number of benzene rings is 2. The first-order valence-electron chi connectivity index (χ1n) is 11.4. The number of hydrogen-bond acceptors (Lipinski definition) is 4. The highest BCUT2D eigenvalue weighted by Gasteiger charge is 2.18. The predicted octanol–water partition coefficient (Wildman–Crippen LogP) is 4.67. The molecule has 0 atom stereocenters. The van der Waals surface area contributed by atoms with Crippen molar-refractivity contribution in [3.63, 3.8) is 0 Å². The number of nitrogens with one attached hydrogen (secondary N) is 1. The van der Waals surface area contributed by atoms with Crippen LogP contribution in [0.25, 0.3) is 0 Å². The molecular weight excluding hydrogens is 388 g/mol. The molecule has 1 heterocycles. The summed E-state index contributed by atoms with van der Waals surface area (Å²) in [5, 5.41) is 3.02. The third-order valence-corrected chi connectivity index (χ3v) is 5.88. The number of ether oxygens (including phenoxy) is 1. The van der Waals surface area contributed by atoms with Crippen molar-refractivity contribution < 1.29 is 9.53 Å². The van der Waals surface area contributed by atoms with Crippen molar-refractivity contribution in [2.45, 2.75) is 33.2 Å². The summed E-state index contributed by atoms with van der Waals surface area (Å²) in [6.07, 6.45) is 2.46. The molecule has 168 valence electrons. The van der Waals surface area contributed by atoms with Crippen molar-refractivity contribution in [3.8, 4) is 5.75 Å². The first kappa shape index (κ1) is 22.9. The van der Waals surface area contributed by atoms with Crippen LogP contribution in [0.2, 0.25) is 0 Å². The lowest BCUT2D eigenvalue weighted by atomic mass is 10.1. The average Bonchev–Trinajstić information content (AvgIpc) is 3.33. The summed E-state index contributed by atoms with van der Waals surface area (Å²) < 4.78 is 5.98. The van der Waals surface area contributed by atoms with Gasteiger partial charge in [0.2, 0.25) is 0 Å². The average molecular weight is 425 g/mol. The summed E-state index contributed by atoms with van der Waals surface area (Å²) in [6.45, 7) is 10.5. The maximum Gasteiger partial charge on any atom is 0.321 e. The molecule has 3 rings (SSSR count). The highest BCUT2D eigenvalue weighted by molar-refractivity contribution is 5.90. The number of amides is 2. The molecule has 0 spiro atoms. The standard InChI is InChI=1S/C25H36N4O2/c1-4-28(5-2)18-19-31-24-15-9-7-13-22(24)26-25(30)27(3)20-21-12-6-8-14-23(21)29-16-10-11-17-29/h6-9,12-15H,4-5,10-11,16-20H2,1-3H3,(H,26,30). The maximum atomic E-state index is 12.9. The molecule has 2 amide bonds. The van der Waals surface area contributed by atoms with Gasteiger partial charge in [0.15, 0.2) is 0 Å². The molecule has 1 aliphatic rings. The summed E-state index contributed by atoms with van der Waals surface area (Å²) in [7, 11) is 1.83. The normalized spacial score (nSPS) is 13.5. The smallest absolute Gasteiger partial charge is 0.321 e. The fourth-order valence-corrected chi connectivity index (χ4v) is 3.97. The van der Waals surface area contributed by atoms with E-state index < -0.39 is 0 Å². The summed E-state index contributed by atoms with van der Waals surface area (Å²) >= 11 is 0. The quantitative estimate of drug-likeness (QED) is 0.602. The molecule has 1 saturated heterocycles. The van der Waals surface area contributed by atoms with E-state index in [0.717, 1.165) is 32.7 Å². The third kappa shape index (κ3) is 6.37. The van der Waals surface area contributed by atoms with Gasteiger partial charge in [-0.25, -0.2) is 4.79 Å². The van der Waals surface area contributed by atoms with E-state index in [2.05, 4.69) is 47.2 Å². The molecule has 6 heteroatoms. The fraction of sp³-hybridized carbons (Fsp3) is 0.480. The maximum absolute atomic E-state index is 12.9. The Morgan fingerprint density at radius 1 is 1.03 bits per heavy atom. The summed E-state index contributed by atoms with van der Waals surface area (Å²) in [4.78, 5) is 19.4. The van der Waals surface area contributed by atoms with Gasteiger partial charge in [0.1, 0.15) is 12.4 Å². The molecule has 1 N–H and O–H groups in total. The minimum atomic E-state index is -0.143. The van der Waals surface area contributed by atoms with Gasteiger partial charge < -0.3 is 24.8 Å². The minimum absolute atomic E-state index is 0.143. The van der Waals surface area contributed by atoms with E-state index in [4.69, 9.17) is 4.74 Å². The Balaban J connectivity index is 1.60. The van der Waals surface area contributed by atoms with E-state index in [1.54, 1.807) is 4.90 Å². The van der Waals surface area contributed by atoms with Crippen molar-refractivity contribution in [1.82, 2.24) is 9.80 Å². The molecule has 31 heavy (non-hydrogen) atoms. The van der Waals surface area contributed by atoms with E-state index in [0.29, 0.717) is 24.6 Å². The zero-order chi connectivity index (χ0) is 22.1. The fourth-order valence-electron chi connectivity index (χ4n) is 3.97. The second kappa shape index (κ2) is 11.6. The number of urea groups is 1. The number of para-hydroxylation sites is 3. The van der Waals surface area contributed by atoms with Gasteiger partial charge >= 0.3 is 6.03 Å². The van der Waals surface area contributed by atoms with Gasteiger partial charge in [0.25, 0.3) is 0 Å². The molecule has 0 bridgehead atoms. The van der Waals surface area contributed by atoms with Crippen molar-refractivity contribution in [1.29, 1.82) is 0 Å². The topological polar surface area (TPSA) is 48.1 Å². The van der Waals surface area contributed by atoms with Crippen molar-refractivity contribution in [2.75, 3.05) is 56.6 Å². The van der Waals surface area contributed by atoms with Crippen molar-refractivity contribution in [3.05, 3.63) is 54.1 Å². The number of nitrogens with zero attached hydrogens (tertiary/aromatic N) is 3. The number of hydrogen-bond donors (Lipinski definition) is 1. The van der Waals surface area contributed by atoms with Gasteiger partial charge in [-0.05, 0) is 49.7 Å². The van der Waals surface area contributed by atoms with Crippen LogP contribution >= 0.6 is 0 Å². The van der Waals surface area contributed by atoms with Gasteiger partial charge in [0, 0.05) is 38.9 Å². The number of anilines is 2. The molecule has 0 aromatic heterocycles. The Hall–Kier alpha value is -2.73. The molecule has 1 aliphatic heterocycles. The molecule has 0 saturated carbocycles. The highest BCUT2D eigenvalue weighted by Crippen LogP contribution is 2.27. The monoisotopic (exact) mass is 424 g/mol. The summed E-state index contributed by atoms with van der Waals surface area (Å²) in [5.41, 5.74) is 3.11. The largest absolute Gasteiger partial charge is 0.490 e. The van der Waals surface area contributed by atoms with E-state index in [9.17, 15) is 4.79 Å². The Bertz CT molecular complexity index is 832. The first-order chi connectivity index (χ1) is 15.1. The van der Waals surface area contributed by atoms with E-state index in [1.165, 1.54) is 24.1 Å². The second-order valence-electron chi connectivity index (χ2n) is 7.98. The number of rotatable bonds is 10. The predicted molar refractivity (Wildman–Crippen MR) is 128 cm³/mol. The lowest BCUT2D eigenvalue weighted by Crippen LogP contribution is -2.32. The third-order valence-electron chi connectivity index (χ3n) is 5.88. The van der Waals surface area contributed by atoms with Crippen LogP contribution in [0, 0.1) is 0 Å². The molecule has 0 unspecified atom stereocenters. The van der Waals surface area contributed by atoms with Crippen LogP contribution in [-0.4, -0.2) is 62.2 Å². The summed E-state index contributed by atoms with van der Waals surface area (Å²) in [6, 6.07) is 15.9.